The van der Waals surface area contributed by atoms with Gasteiger partial charge in [-0.1, -0.05) is 6.92 Å². The van der Waals surface area contributed by atoms with Crippen LogP contribution in [0.25, 0.3) is 0 Å². The number of ether oxygens (including phenoxy) is 1. The number of aliphatic hydroxyl groups is 1. The lowest BCUT2D eigenvalue weighted by Crippen LogP contribution is -2.34. The van der Waals surface area contributed by atoms with Crippen molar-refractivity contribution >= 4 is 0 Å². The van der Waals surface area contributed by atoms with E-state index in [1.54, 1.807) is 7.11 Å². The van der Waals surface area contributed by atoms with E-state index in [1.807, 2.05) is 0 Å². The maximum absolute atomic E-state index is 8.92. The van der Waals surface area contributed by atoms with E-state index in [4.69, 9.17) is 9.84 Å². The van der Waals surface area contributed by atoms with Crippen LogP contribution >= 0.6 is 0 Å². The molecule has 0 aliphatic heterocycles. The van der Waals surface area contributed by atoms with E-state index in [1.165, 1.54) is 12.8 Å². The smallest absolute Gasteiger partial charge is 0.0471 e. The number of hydrogen-bond acceptors (Lipinski definition) is 3. The minimum atomic E-state index is 0.262. The van der Waals surface area contributed by atoms with Gasteiger partial charge in [0.05, 0.1) is 0 Å². The van der Waals surface area contributed by atoms with Gasteiger partial charge in [0, 0.05) is 26.4 Å². The highest BCUT2D eigenvalue weighted by molar-refractivity contribution is 4.66. The Labute approximate surface area is 87.8 Å². The van der Waals surface area contributed by atoms with Gasteiger partial charge < -0.3 is 15.2 Å². The van der Waals surface area contributed by atoms with E-state index in [9.17, 15) is 0 Å². The fourth-order valence-corrected chi connectivity index (χ4v) is 1.24. The van der Waals surface area contributed by atoms with E-state index < -0.39 is 0 Å². The molecule has 86 valence electrons. The standard InChI is InChI=1S/C11H25NO2/c1-10(9-13)11(2)12-7-5-4-6-8-14-3/h10-13H,4-9H2,1-3H3/t10-,11-/m0/s1. The molecule has 0 heterocycles. The number of rotatable bonds is 9. The average molecular weight is 203 g/mol. The van der Waals surface area contributed by atoms with Crippen LogP contribution < -0.4 is 5.32 Å². The molecule has 0 aromatic carbocycles. The normalized spacial score (nSPS) is 15.4. The van der Waals surface area contributed by atoms with Crippen LogP contribution in [0.3, 0.4) is 0 Å². The molecule has 14 heavy (non-hydrogen) atoms. The Bertz CT molecular complexity index is 120. The molecule has 3 heteroatoms. The molecule has 0 rings (SSSR count). The first-order valence-corrected chi connectivity index (χ1v) is 5.55. The molecule has 0 aromatic heterocycles. The first-order chi connectivity index (χ1) is 6.72. The van der Waals surface area contributed by atoms with Gasteiger partial charge in [0.15, 0.2) is 0 Å². The van der Waals surface area contributed by atoms with Crippen molar-refractivity contribution in [1.82, 2.24) is 5.32 Å². The number of unbranched alkanes of at least 4 members (excludes halogenated alkanes) is 2. The van der Waals surface area contributed by atoms with Gasteiger partial charge in [0.2, 0.25) is 0 Å². The van der Waals surface area contributed by atoms with Crippen LogP contribution in [-0.4, -0.2) is 38.0 Å². The predicted molar refractivity (Wildman–Crippen MR) is 59.4 cm³/mol. The quantitative estimate of drug-likeness (QED) is 0.557. The summed E-state index contributed by atoms with van der Waals surface area (Å²) in [5, 5.41) is 12.3. The number of aliphatic hydroxyl groups excluding tert-OH is 1. The minimum absolute atomic E-state index is 0.262. The fraction of sp³-hybridized carbons (Fsp3) is 1.00. The van der Waals surface area contributed by atoms with Crippen LogP contribution in [0.5, 0.6) is 0 Å². The van der Waals surface area contributed by atoms with Crippen molar-refractivity contribution in [2.24, 2.45) is 5.92 Å². The molecule has 0 aromatic rings. The van der Waals surface area contributed by atoms with E-state index >= 15 is 0 Å². The van der Waals surface area contributed by atoms with Crippen molar-refractivity contribution < 1.29 is 9.84 Å². The molecule has 0 saturated carbocycles. The lowest BCUT2D eigenvalue weighted by Gasteiger charge is -2.19. The van der Waals surface area contributed by atoms with Crippen LogP contribution in [0.4, 0.5) is 0 Å². The van der Waals surface area contributed by atoms with Gasteiger partial charge in [-0.2, -0.15) is 0 Å². The fourth-order valence-electron chi connectivity index (χ4n) is 1.24. The molecule has 0 amide bonds. The van der Waals surface area contributed by atoms with Gasteiger partial charge in [0.1, 0.15) is 0 Å². The summed E-state index contributed by atoms with van der Waals surface area (Å²) in [4.78, 5) is 0. The molecular formula is C11H25NO2. The summed E-state index contributed by atoms with van der Waals surface area (Å²) in [7, 11) is 1.74. The summed E-state index contributed by atoms with van der Waals surface area (Å²) < 4.78 is 4.97. The largest absolute Gasteiger partial charge is 0.396 e. The summed E-state index contributed by atoms with van der Waals surface area (Å²) in [6.07, 6.45) is 3.54. The third-order valence-electron chi connectivity index (χ3n) is 2.63. The van der Waals surface area contributed by atoms with Gasteiger partial charge in [-0.05, 0) is 38.6 Å². The molecule has 0 fully saturated rings. The van der Waals surface area contributed by atoms with E-state index in [2.05, 4.69) is 19.2 Å². The highest BCUT2D eigenvalue weighted by Gasteiger charge is 2.08. The lowest BCUT2D eigenvalue weighted by atomic mass is 10.1. The molecule has 3 nitrogen and oxygen atoms in total. The van der Waals surface area contributed by atoms with Gasteiger partial charge >= 0.3 is 0 Å². The third kappa shape index (κ3) is 7.30. The highest BCUT2D eigenvalue weighted by Crippen LogP contribution is 2.01. The Balaban J connectivity index is 3.18. The van der Waals surface area contributed by atoms with Crippen molar-refractivity contribution in [3.63, 3.8) is 0 Å². The Kier molecular flexibility index (Phi) is 9.35. The van der Waals surface area contributed by atoms with Gasteiger partial charge in [-0.15, -0.1) is 0 Å². The SMILES string of the molecule is COCCCCCN[C@@H](C)[C@@H](C)CO. The van der Waals surface area contributed by atoms with E-state index in [-0.39, 0.29) is 6.61 Å². The van der Waals surface area contributed by atoms with Crippen LogP contribution in [0.15, 0.2) is 0 Å². The molecule has 0 unspecified atom stereocenters. The number of hydrogen-bond donors (Lipinski definition) is 2. The first kappa shape index (κ1) is 13.9. The Morgan fingerprint density at radius 2 is 1.93 bits per heavy atom. The summed E-state index contributed by atoms with van der Waals surface area (Å²) in [6.45, 7) is 6.34. The third-order valence-corrected chi connectivity index (χ3v) is 2.63. The summed E-state index contributed by atoms with van der Waals surface area (Å²) in [5.74, 6) is 0.342. The van der Waals surface area contributed by atoms with Crippen molar-refractivity contribution in [2.75, 3.05) is 26.9 Å². The first-order valence-electron chi connectivity index (χ1n) is 5.55. The molecule has 2 atom stereocenters. The molecule has 2 N–H and O–H groups in total. The summed E-state index contributed by atoms with van der Waals surface area (Å²) >= 11 is 0. The van der Waals surface area contributed by atoms with Crippen molar-refractivity contribution in [3.8, 4) is 0 Å². The van der Waals surface area contributed by atoms with E-state index in [0.717, 1.165) is 19.6 Å². The van der Waals surface area contributed by atoms with Crippen molar-refractivity contribution in [2.45, 2.75) is 39.2 Å². The molecular weight excluding hydrogens is 178 g/mol. The molecule has 0 bridgehead atoms. The highest BCUT2D eigenvalue weighted by atomic mass is 16.5. The lowest BCUT2D eigenvalue weighted by molar-refractivity contribution is 0.190. The molecule has 0 radical (unpaired) electrons. The second-order valence-electron chi connectivity index (χ2n) is 3.96. The van der Waals surface area contributed by atoms with Crippen molar-refractivity contribution in [1.29, 1.82) is 0 Å². The maximum atomic E-state index is 8.92. The zero-order valence-corrected chi connectivity index (χ0v) is 9.75. The molecule has 0 spiro atoms. The van der Waals surface area contributed by atoms with Gasteiger partial charge in [0.25, 0.3) is 0 Å². The summed E-state index contributed by atoms with van der Waals surface area (Å²) in [5.41, 5.74) is 0. The molecule has 0 saturated heterocycles. The monoisotopic (exact) mass is 203 g/mol. The van der Waals surface area contributed by atoms with Crippen LogP contribution in [0.1, 0.15) is 33.1 Å². The van der Waals surface area contributed by atoms with Crippen LogP contribution in [0.2, 0.25) is 0 Å². The summed E-state index contributed by atoms with van der Waals surface area (Å²) in [6, 6.07) is 0.405. The predicted octanol–water partition coefficient (Wildman–Crippen LogP) is 1.41. The zero-order chi connectivity index (χ0) is 10.8. The van der Waals surface area contributed by atoms with E-state index in [0.29, 0.717) is 12.0 Å². The average Bonchev–Trinajstić information content (AvgIpc) is 2.21. The second-order valence-corrected chi connectivity index (χ2v) is 3.96. The topological polar surface area (TPSA) is 41.5 Å². The molecule has 0 aliphatic rings. The second kappa shape index (κ2) is 9.44. The van der Waals surface area contributed by atoms with Gasteiger partial charge in [-0.25, -0.2) is 0 Å². The Morgan fingerprint density at radius 3 is 2.50 bits per heavy atom. The molecule has 0 aliphatic carbocycles. The van der Waals surface area contributed by atoms with Crippen molar-refractivity contribution in [3.05, 3.63) is 0 Å². The number of methoxy groups -OCH3 is 1. The van der Waals surface area contributed by atoms with Gasteiger partial charge in [-0.3, -0.25) is 0 Å². The van der Waals surface area contributed by atoms with Crippen LogP contribution in [-0.2, 0) is 4.74 Å². The Hall–Kier alpha value is -0.120. The Morgan fingerprint density at radius 1 is 1.21 bits per heavy atom. The maximum Gasteiger partial charge on any atom is 0.0471 e. The number of nitrogens with one attached hydrogen (secondary N) is 1. The minimum Gasteiger partial charge on any atom is -0.396 e. The van der Waals surface area contributed by atoms with Crippen LogP contribution in [0, 0.1) is 5.92 Å². The zero-order valence-electron chi connectivity index (χ0n) is 9.75.